The number of hydrogen-bond donors (Lipinski definition) is 3. The van der Waals surface area contributed by atoms with Gasteiger partial charge in [0.25, 0.3) is 0 Å². The van der Waals surface area contributed by atoms with Gasteiger partial charge in [0.1, 0.15) is 0 Å². The van der Waals surface area contributed by atoms with Crippen molar-refractivity contribution in [3.63, 3.8) is 0 Å². The molecule has 0 bridgehead atoms. The molecule has 1 fully saturated rings. The van der Waals surface area contributed by atoms with Crippen molar-refractivity contribution >= 4 is 41.7 Å². The average Bonchev–Trinajstić information content (AvgIpc) is 3.20. The highest BCUT2D eigenvalue weighted by Gasteiger charge is 2.17. The van der Waals surface area contributed by atoms with E-state index in [1.54, 1.807) is 0 Å². The van der Waals surface area contributed by atoms with E-state index in [2.05, 4.69) is 43.6 Å². The summed E-state index contributed by atoms with van der Waals surface area (Å²) in [7, 11) is 0. The van der Waals surface area contributed by atoms with Crippen LogP contribution in [0.15, 0.2) is 29.3 Å². The smallest absolute Gasteiger partial charge is 0.321 e. The van der Waals surface area contributed by atoms with Crippen molar-refractivity contribution in [2.45, 2.75) is 66.0 Å². The number of amides is 2. The molecule has 0 aliphatic carbocycles. The Hall–Kier alpha value is -1.51. The number of halogens is 1. The number of aliphatic imine (C=N–C) groups is 1. The summed E-state index contributed by atoms with van der Waals surface area (Å²) in [6.07, 6.45) is 4.52. The number of benzene rings is 1. The summed E-state index contributed by atoms with van der Waals surface area (Å²) in [6, 6.07) is 8.32. The fraction of sp³-hybridized carbons (Fsp3) is 0.636. The number of guanidine groups is 1. The molecular weight excluding hydrogens is 477 g/mol. The molecule has 1 atom stereocenters. The fourth-order valence-electron chi connectivity index (χ4n) is 3.25. The summed E-state index contributed by atoms with van der Waals surface area (Å²) in [4.78, 5) is 18.9. The van der Waals surface area contributed by atoms with Gasteiger partial charge in [-0.3, -0.25) is 0 Å². The van der Waals surface area contributed by atoms with Crippen LogP contribution in [0.4, 0.5) is 10.5 Å². The number of likely N-dealkylation sites (tertiary alicyclic amines) is 1. The molecule has 1 aliphatic heterocycles. The molecule has 1 aromatic carbocycles. The van der Waals surface area contributed by atoms with Gasteiger partial charge in [-0.2, -0.15) is 0 Å². The maximum absolute atomic E-state index is 12.3. The van der Waals surface area contributed by atoms with Crippen LogP contribution in [0.5, 0.6) is 0 Å². The predicted octanol–water partition coefficient (Wildman–Crippen LogP) is 4.81. The second-order valence-corrected chi connectivity index (χ2v) is 8.04. The highest BCUT2D eigenvalue weighted by molar-refractivity contribution is 14.0. The SMILES string of the molecule is CCNC(=NCc1cccc(NC(=O)N2CCCC2)c1)NC(C)CCC(C)C.I. The Kier molecular flexibility index (Phi) is 12.0. The van der Waals surface area contributed by atoms with Gasteiger partial charge in [0, 0.05) is 31.4 Å². The van der Waals surface area contributed by atoms with Gasteiger partial charge < -0.3 is 20.9 Å². The van der Waals surface area contributed by atoms with Crippen molar-refractivity contribution in [3.05, 3.63) is 29.8 Å². The largest absolute Gasteiger partial charge is 0.357 e. The maximum atomic E-state index is 12.3. The Morgan fingerprint density at radius 2 is 1.90 bits per heavy atom. The van der Waals surface area contributed by atoms with Gasteiger partial charge >= 0.3 is 6.03 Å². The lowest BCUT2D eigenvalue weighted by Gasteiger charge is -2.19. The molecule has 0 aromatic heterocycles. The first kappa shape index (κ1) is 25.5. The minimum atomic E-state index is -0.00728. The van der Waals surface area contributed by atoms with E-state index in [0.717, 1.165) is 56.1 Å². The number of nitrogens with one attached hydrogen (secondary N) is 3. The molecule has 1 aliphatic rings. The van der Waals surface area contributed by atoms with Crippen LogP contribution in [-0.2, 0) is 6.54 Å². The number of nitrogens with zero attached hydrogens (tertiary/aromatic N) is 2. The van der Waals surface area contributed by atoms with Crippen molar-refractivity contribution in [1.82, 2.24) is 15.5 Å². The third kappa shape index (κ3) is 9.69. The molecule has 0 spiro atoms. The van der Waals surface area contributed by atoms with Gasteiger partial charge in [0.2, 0.25) is 0 Å². The van der Waals surface area contributed by atoms with Crippen molar-refractivity contribution < 1.29 is 4.79 Å². The fourth-order valence-corrected chi connectivity index (χ4v) is 3.25. The van der Waals surface area contributed by atoms with Crippen molar-refractivity contribution in [2.75, 3.05) is 25.0 Å². The predicted molar refractivity (Wildman–Crippen MR) is 133 cm³/mol. The molecule has 1 unspecified atom stereocenters. The minimum Gasteiger partial charge on any atom is -0.357 e. The molecule has 6 nitrogen and oxygen atoms in total. The molecule has 3 N–H and O–H groups in total. The topological polar surface area (TPSA) is 68.8 Å². The Morgan fingerprint density at radius 3 is 2.55 bits per heavy atom. The van der Waals surface area contributed by atoms with E-state index in [4.69, 9.17) is 4.99 Å². The van der Waals surface area contributed by atoms with Gasteiger partial charge in [-0.1, -0.05) is 26.0 Å². The van der Waals surface area contributed by atoms with Crippen LogP contribution >= 0.6 is 24.0 Å². The third-order valence-corrected chi connectivity index (χ3v) is 4.90. The second-order valence-electron chi connectivity index (χ2n) is 8.04. The molecular formula is C22H38IN5O. The summed E-state index contributed by atoms with van der Waals surface area (Å²) < 4.78 is 0. The molecule has 2 rings (SSSR count). The molecule has 0 radical (unpaired) electrons. The van der Waals surface area contributed by atoms with Crippen LogP contribution in [0.3, 0.4) is 0 Å². The third-order valence-electron chi connectivity index (χ3n) is 4.90. The highest BCUT2D eigenvalue weighted by atomic mass is 127. The number of hydrogen-bond acceptors (Lipinski definition) is 2. The van der Waals surface area contributed by atoms with Gasteiger partial charge in [0.15, 0.2) is 5.96 Å². The number of rotatable bonds is 8. The number of urea groups is 1. The molecule has 1 heterocycles. The van der Waals surface area contributed by atoms with Gasteiger partial charge in [-0.25, -0.2) is 9.79 Å². The average molecular weight is 515 g/mol. The Labute approximate surface area is 193 Å². The number of anilines is 1. The van der Waals surface area contributed by atoms with Crippen LogP contribution in [0.25, 0.3) is 0 Å². The van der Waals surface area contributed by atoms with Crippen molar-refractivity contribution in [2.24, 2.45) is 10.9 Å². The van der Waals surface area contributed by atoms with Crippen LogP contribution in [0, 0.1) is 5.92 Å². The quantitative estimate of drug-likeness (QED) is 0.265. The molecule has 1 saturated heterocycles. The van der Waals surface area contributed by atoms with E-state index in [1.165, 1.54) is 6.42 Å². The Morgan fingerprint density at radius 1 is 1.17 bits per heavy atom. The zero-order valence-corrected chi connectivity index (χ0v) is 20.7. The first-order valence-electron chi connectivity index (χ1n) is 10.7. The molecule has 29 heavy (non-hydrogen) atoms. The lowest BCUT2D eigenvalue weighted by molar-refractivity contribution is 0.222. The lowest BCUT2D eigenvalue weighted by Crippen LogP contribution is -2.42. The lowest BCUT2D eigenvalue weighted by atomic mass is 10.0. The first-order valence-corrected chi connectivity index (χ1v) is 10.7. The van der Waals surface area contributed by atoms with E-state index in [1.807, 2.05) is 29.2 Å². The summed E-state index contributed by atoms with van der Waals surface area (Å²) in [6.45, 7) is 11.9. The molecule has 164 valence electrons. The Balaban J connectivity index is 0.00000420. The molecule has 0 saturated carbocycles. The van der Waals surface area contributed by atoms with E-state index in [9.17, 15) is 4.79 Å². The zero-order valence-electron chi connectivity index (χ0n) is 18.3. The second kappa shape index (κ2) is 13.7. The number of carbonyl (C=O) groups is 1. The molecule has 1 aromatic rings. The summed E-state index contributed by atoms with van der Waals surface area (Å²) >= 11 is 0. The summed E-state index contributed by atoms with van der Waals surface area (Å²) in [5, 5.41) is 9.81. The van der Waals surface area contributed by atoms with Gasteiger partial charge in [-0.15, -0.1) is 24.0 Å². The Bertz CT molecular complexity index is 644. The number of carbonyl (C=O) groups excluding carboxylic acids is 1. The van der Waals surface area contributed by atoms with Crippen LogP contribution < -0.4 is 16.0 Å². The van der Waals surface area contributed by atoms with Crippen molar-refractivity contribution in [1.29, 1.82) is 0 Å². The summed E-state index contributed by atoms with van der Waals surface area (Å²) in [5.41, 5.74) is 1.90. The van der Waals surface area contributed by atoms with E-state index >= 15 is 0 Å². The van der Waals surface area contributed by atoms with Crippen LogP contribution in [-0.4, -0.2) is 42.6 Å². The summed E-state index contributed by atoms with van der Waals surface area (Å²) in [5.74, 6) is 1.55. The monoisotopic (exact) mass is 515 g/mol. The molecule has 2 amide bonds. The standard InChI is InChI=1S/C22H37N5O.HI/c1-5-23-21(25-18(4)12-11-17(2)3)24-16-19-9-8-10-20(15-19)26-22(28)27-13-6-7-14-27;/h8-10,15,17-18H,5-7,11-14,16H2,1-4H3,(H,26,28)(H2,23,24,25);1H. The zero-order chi connectivity index (χ0) is 20.4. The minimum absolute atomic E-state index is 0. The van der Waals surface area contributed by atoms with Crippen LogP contribution in [0.2, 0.25) is 0 Å². The normalized spacial score (nSPS) is 15.1. The maximum Gasteiger partial charge on any atom is 0.321 e. The van der Waals surface area contributed by atoms with E-state index in [-0.39, 0.29) is 30.0 Å². The first-order chi connectivity index (χ1) is 13.5. The van der Waals surface area contributed by atoms with E-state index < -0.39 is 0 Å². The van der Waals surface area contributed by atoms with Gasteiger partial charge in [-0.05, 0) is 63.1 Å². The van der Waals surface area contributed by atoms with Crippen LogP contribution in [0.1, 0.15) is 58.9 Å². The van der Waals surface area contributed by atoms with Gasteiger partial charge in [0.05, 0.1) is 6.54 Å². The van der Waals surface area contributed by atoms with E-state index in [0.29, 0.717) is 18.5 Å². The van der Waals surface area contributed by atoms with Crippen molar-refractivity contribution in [3.8, 4) is 0 Å². The molecule has 7 heteroatoms. The highest BCUT2D eigenvalue weighted by Crippen LogP contribution is 2.15.